The first-order valence-corrected chi connectivity index (χ1v) is 9.75. The van der Waals surface area contributed by atoms with Crippen molar-refractivity contribution in [2.24, 2.45) is 0 Å². The summed E-state index contributed by atoms with van der Waals surface area (Å²) in [5.41, 5.74) is 2.66. The molecule has 4 rings (SSSR count). The van der Waals surface area contributed by atoms with Crippen molar-refractivity contribution in [2.75, 3.05) is 5.32 Å². The molecule has 26 heavy (non-hydrogen) atoms. The average Bonchev–Trinajstić information content (AvgIpc) is 3.06. The van der Waals surface area contributed by atoms with Gasteiger partial charge < -0.3 is 10.4 Å². The smallest absolute Gasteiger partial charge is 0.255 e. The summed E-state index contributed by atoms with van der Waals surface area (Å²) in [6.45, 7) is 0. The molecule has 1 aromatic heterocycles. The molecule has 1 amide bonds. The summed E-state index contributed by atoms with van der Waals surface area (Å²) in [4.78, 5) is 16.9. The topological polar surface area (TPSA) is 62.2 Å². The fourth-order valence-electron chi connectivity index (χ4n) is 2.58. The highest BCUT2D eigenvalue weighted by atomic mass is 127. The Morgan fingerprint density at radius 3 is 2.54 bits per heavy atom. The van der Waals surface area contributed by atoms with Gasteiger partial charge in [0.05, 0.1) is 15.8 Å². The molecule has 0 fully saturated rings. The number of phenols is 1. The summed E-state index contributed by atoms with van der Waals surface area (Å²) >= 11 is 3.72. The van der Waals surface area contributed by atoms with E-state index in [1.807, 2.05) is 36.4 Å². The van der Waals surface area contributed by atoms with E-state index in [1.165, 1.54) is 11.3 Å². The monoisotopic (exact) mass is 472 g/mol. The minimum atomic E-state index is -0.214. The van der Waals surface area contributed by atoms with Crippen LogP contribution in [0.3, 0.4) is 0 Å². The SMILES string of the molecule is O=C(Nc1ccc(-c2nc3ccccc3s2)c(O)c1)c1ccc(I)cc1. The molecule has 6 heteroatoms. The number of carbonyl (C=O) groups is 1. The first-order valence-electron chi connectivity index (χ1n) is 7.86. The van der Waals surface area contributed by atoms with Crippen LogP contribution < -0.4 is 5.32 Å². The second kappa shape index (κ2) is 7.05. The van der Waals surface area contributed by atoms with Gasteiger partial charge in [-0.3, -0.25) is 4.79 Å². The first-order chi connectivity index (χ1) is 12.6. The third kappa shape index (κ3) is 3.42. The quantitative estimate of drug-likeness (QED) is 0.386. The number of rotatable bonds is 3. The number of carbonyl (C=O) groups excluding carboxylic acids is 1. The molecule has 4 aromatic rings. The number of hydrogen-bond donors (Lipinski definition) is 2. The standard InChI is InChI=1S/C20H13IN2O2S/c21-13-7-5-12(6-8-13)19(25)22-14-9-10-15(17(24)11-14)20-23-16-3-1-2-4-18(16)26-20/h1-11,24H,(H,22,25). The minimum absolute atomic E-state index is 0.0875. The van der Waals surface area contributed by atoms with Gasteiger partial charge in [-0.15, -0.1) is 11.3 Å². The molecule has 0 aliphatic carbocycles. The van der Waals surface area contributed by atoms with Crippen molar-refractivity contribution >= 4 is 55.7 Å². The van der Waals surface area contributed by atoms with Crippen molar-refractivity contribution in [3.8, 4) is 16.3 Å². The lowest BCUT2D eigenvalue weighted by Gasteiger charge is -2.08. The molecular weight excluding hydrogens is 459 g/mol. The number of para-hydroxylation sites is 1. The summed E-state index contributed by atoms with van der Waals surface area (Å²) in [6, 6.07) is 20.2. The van der Waals surface area contributed by atoms with Crippen molar-refractivity contribution in [3.05, 3.63) is 75.9 Å². The fourth-order valence-corrected chi connectivity index (χ4v) is 3.94. The maximum Gasteiger partial charge on any atom is 0.255 e. The number of halogens is 1. The molecule has 3 aromatic carbocycles. The van der Waals surface area contributed by atoms with Crippen LogP contribution in [0.15, 0.2) is 66.7 Å². The van der Waals surface area contributed by atoms with E-state index in [-0.39, 0.29) is 11.7 Å². The lowest BCUT2D eigenvalue weighted by molar-refractivity contribution is 0.102. The molecule has 0 bridgehead atoms. The second-order valence-electron chi connectivity index (χ2n) is 5.68. The molecule has 0 radical (unpaired) electrons. The highest BCUT2D eigenvalue weighted by Gasteiger charge is 2.12. The highest BCUT2D eigenvalue weighted by Crippen LogP contribution is 2.36. The van der Waals surface area contributed by atoms with Crippen molar-refractivity contribution in [1.82, 2.24) is 4.98 Å². The van der Waals surface area contributed by atoms with E-state index < -0.39 is 0 Å². The van der Waals surface area contributed by atoms with Crippen LogP contribution >= 0.6 is 33.9 Å². The summed E-state index contributed by atoms with van der Waals surface area (Å²) in [5.74, 6) is -0.127. The molecule has 0 unspecified atom stereocenters. The molecule has 2 N–H and O–H groups in total. The van der Waals surface area contributed by atoms with Crippen LogP contribution in [0.25, 0.3) is 20.8 Å². The van der Waals surface area contributed by atoms with Crippen molar-refractivity contribution in [2.45, 2.75) is 0 Å². The number of aromatic nitrogens is 1. The van der Waals surface area contributed by atoms with E-state index in [9.17, 15) is 9.90 Å². The minimum Gasteiger partial charge on any atom is -0.507 e. The van der Waals surface area contributed by atoms with Gasteiger partial charge in [-0.2, -0.15) is 0 Å². The van der Waals surface area contributed by atoms with Crippen LogP contribution in [0.2, 0.25) is 0 Å². The van der Waals surface area contributed by atoms with Gasteiger partial charge in [0.1, 0.15) is 10.8 Å². The largest absolute Gasteiger partial charge is 0.507 e. The Bertz CT molecular complexity index is 1070. The fraction of sp³-hybridized carbons (Fsp3) is 0. The molecule has 0 atom stereocenters. The van der Waals surface area contributed by atoms with Gasteiger partial charge in [-0.05, 0) is 71.1 Å². The number of hydrogen-bond acceptors (Lipinski definition) is 4. The average molecular weight is 472 g/mol. The van der Waals surface area contributed by atoms with Crippen LogP contribution in [-0.4, -0.2) is 16.0 Å². The van der Waals surface area contributed by atoms with Crippen molar-refractivity contribution in [1.29, 1.82) is 0 Å². The predicted octanol–water partition coefficient (Wildman–Crippen LogP) is 5.53. The number of thiazole rings is 1. The van der Waals surface area contributed by atoms with Gasteiger partial charge in [0.15, 0.2) is 0 Å². The number of fused-ring (bicyclic) bond motifs is 1. The van der Waals surface area contributed by atoms with E-state index in [1.54, 1.807) is 30.3 Å². The second-order valence-corrected chi connectivity index (χ2v) is 7.96. The molecular formula is C20H13IN2O2S. The lowest BCUT2D eigenvalue weighted by Crippen LogP contribution is -2.11. The maximum atomic E-state index is 12.3. The third-order valence-corrected chi connectivity index (χ3v) is 5.68. The number of amides is 1. The van der Waals surface area contributed by atoms with Crippen LogP contribution in [0.4, 0.5) is 5.69 Å². The summed E-state index contributed by atoms with van der Waals surface area (Å²) in [5, 5.41) is 14.0. The number of nitrogens with one attached hydrogen (secondary N) is 1. The molecule has 0 aliphatic rings. The Morgan fingerprint density at radius 2 is 1.81 bits per heavy atom. The number of aromatic hydroxyl groups is 1. The molecule has 128 valence electrons. The zero-order valence-corrected chi connectivity index (χ0v) is 16.4. The van der Waals surface area contributed by atoms with Gasteiger partial charge in [0.25, 0.3) is 5.91 Å². The Hall–Kier alpha value is -2.45. The van der Waals surface area contributed by atoms with Crippen molar-refractivity contribution < 1.29 is 9.90 Å². The number of anilines is 1. The molecule has 0 aliphatic heterocycles. The zero-order chi connectivity index (χ0) is 18.1. The lowest BCUT2D eigenvalue weighted by atomic mass is 10.1. The van der Waals surface area contributed by atoms with E-state index >= 15 is 0 Å². The van der Waals surface area contributed by atoms with Gasteiger partial charge in [0, 0.05) is 20.9 Å². The Labute approximate surface area is 167 Å². The normalized spacial score (nSPS) is 10.8. The third-order valence-electron chi connectivity index (χ3n) is 3.89. The molecule has 1 heterocycles. The highest BCUT2D eigenvalue weighted by molar-refractivity contribution is 14.1. The molecule has 0 saturated heterocycles. The molecule has 0 saturated carbocycles. The Kier molecular flexibility index (Phi) is 4.60. The Morgan fingerprint density at radius 1 is 1.04 bits per heavy atom. The Balaban J connectivity index is 1.59. The summed E-state index contributed by atoms with van der Waals surface area (Å²) in [7, 11) is 0. The number of nitrogens with zero attached hydrogens (tertiary/aromatic N) is 1. The van der Waals surface area contributed by atoms with E-state index in [2.05, 4.69) is 32.9 Å². The van der Waals surface area contributed by atoms with E-state index in [4.69, 9.17) is 0 Å². The molecule has 0 spiro atoms. The van der Waals surface area contributed by atoms with Gasteiger partial charge in [0.2, 0.25) is 0 Å². The summed E-state index contributed by atoms with van der Waals surface area (Å²) < 4.78 is 2.13. The number of benzene rings is 3. The molecule has 4 nitrogen and oxygen atoms in total. The van der Waals surface area contributed by atoms with Crippen LogP contribution in [0.5, 0.6) is 5.75 Å². The van der Waals surface area contributed by atoms with Crippen LogP contribution in [0.1, 0.15) is 10.4 Å². The van der Waals surface area contributed by atoms with Gasteiger partial charge in [-0.1, -0.05) is 12.1 Å². The van der Waals surface area contributed by atoms with Gasteiger partial charge >= 0.3 is 0 Å². The number of phenolic OH excluding ortho intramolecular Hbond substituents is 1. The predicted molar refractivity (Wildman–Crippen MR) is 114 cm³/mol. The summed E-state index contributed by atoms with van der Waals surface area (Å²) in [6.07, 6.45) is 0. The van der Waals surface area contributed by atoms with E-state index in [0.717, 1.165) is 18.8 Å². The van der Waals surface area contributed by atoms with Gasteiger partial charge in [-0.25, -0.2) is 4.98 Å². The van der Waals surface area contributed by atoms with Crippen LogP contribution in [0, 0.1) is 3.57 Å². The first kappa shape index (κ1) is 17.0. The maximum absolute atomic E-state index is 12.3. The van der Waals surface area contributed by atoms with E-state index in [0.29, 0.717) is 16.8 Å². The van der Waals surface area contributed by atoms with Crippen LogP contribution in [-0.2, 0) is 0 Å². The van der Waals surface area contributed by atoms with Crippen molar-refractivity contribution in [3.63, 3.8) is 0 Å². The zero-order valence-electron chi connectivity index (χ0n) is 13.4.